The largest absolute Gasteiger partial charge is 0.493 e. The van der Waals surface area contributed by atoms with E-state index >= 15 is 0 Å². The predicted molar refractivity (Wildman–Crippen MR) is 82.8 cm³/mol. The summed E-state index contributed by atoms with van der Waals surface area (Å²) in [7, 11) is 3.35. The molecule has 1 unspecified atom stereocenters. The van der Waals surface area contributed by atoms with Crippen LogP contribution in [0.3, 0.4) is 0 Å². The zero-order valence-corrected chi connectivity index (χ0v) is 13.9. The van der Waals surface area contributed by atoms with E-state index in [1.165, 1.54) is 5.56 Å². The summed E-state index contributed by atoms with van der Waals surface area (Å²) in [5.41, 5.74) is 2.40. The molecule has 0 radical (unpaired) electrons. The van der Waals surface area contributed by atoms with Crippen molar-refractivity contribution < 1.29 is 14.2 Å². The number of nitrogens with one attached hydrogen (secondary N) is 1. The van der Waals surface area contributed by atoms with Gasteiger partial charge in [-0.15, -0.1) is 0 Å². The van der Waals surface area contributed by atoms with Gasteiger partial charge in [-0.3, -0.25) is 0 Å². The molecule has 0 spiro atoms. The Morgan fingerprint density at radius 1 is 1.40 bits per heavy atom. The molecule has 1 aromatic rings. The first kappa shape index (κ1) is 15.6. The minimum atomic E-state index is 0.133. The van der Waals surface area contributed by atoms with E-state index in [1.54, 1.807) is 14.2 Å². The van der Waals surface area contributed by atoms with Gasteiger partial charge in [-0.25, -0.2) is 0 Å². The number of ether oxygens (including phenoxy) is 3. The smallest absolute Gasteiger partial charge is 0.165 e. The Balaban J connectivity index is 2.52. The summed E-state index contributed by atoms with van der Waals surface area (Å²) in [4.78, 5) is 0. The molecule has 5 heteroatoms. The van der Waals surface area contributed by atoms with E-state index in [0.29, 0.717) is 6.61 Å². The highest BCUT2D eigenvalue weighted by Crippen LogP contribution is 2.42. The molecule has 0 fully saturated rings. The molecule has 0 aromatic heterocycles. The lowest BCUT2D eigenvalue weighted by atomic mass is 9.97. The lowest BCUT2D eigenvalue weighted by molar-refractivity contribution is 0.121. The van der Waals surface area contributed by atoms with Crippen molar-refractivity contribution in [3.63, 3.8) is 0 Å². The maximum atomic E-state index is 5.73. The molecule has 0 saturated carbocycles. The number of fused-ring (bicyclic) bond motifs is 1. The van der Waals surface area contributed by atoms with Crippen molar-refractivity contribution in [1.29, 1.82) is 0 Å². The first-order chi connectivity index (χ1) is 9.72. The molecule has 1 aromatic carbocycles. The van der Waals surface area contributed by atoms with Crippen LogP contribution in [0.2, 0.25) is 0 Å². The van der Waals surface area contributed by atoms with Crippen molar-refractivity contribution in [2.75, 3.05) is 34.0 Å². The molecule has 0 aliphatic carbocycles. The molecule has 0 saturated heterocycles. The molecule has 1 atom stereocenters. The average Bonchev–Trinajstić information content (AvgIpc) is 2.68. The Morgan fingerprint density at radius 3 is 2.85 bits per heavy atom. The minimum absolute atomic E-state index is 0.133. The van der Waals surface area contributed by atoms with Crippen LogP contribution < -0.4 is 14.8 Å². The number of benzene rings is 1. The first-order valence-corrected chi connectivity index (χ1v) is 7.76. The van der Waals surface area contributed by atoms with Crippen LogP contribution in [0.4, 0.5) is 0 Å². The van der Waals surface area contributed by atoms with Gasteiger partial charge in [-0.2, -0.15) is 0 Å². The Bertz CT molecular complexity index is 465. The van der Waals surface area contributed by atoms with Crippen molar-refractivity contribution in [3.05, 3.63) is 21.7 Å². The summed E-state index contributed by atoms with van der Waals surface area (Å²) in [6.45, 7) is 4.49. The van der Waals surface area contributed by atoms with E-state index in [2.05, 4.69) is 28.2 Å². The van der Waals surface area contributed by atoms with Crippen LogP contribution >= 0.6 is 15.9 Å². The van der Waals surface area contributed by atoms with Crippen molar-refractivity contribution in [2.45, 2.75) is 25.8 Å². The van der Waals surface area contributed by atoms with Gasteiger partial charge in [-0.05, 0) is 31.0 Å². The third kappa shape index (κ3) is 3.10. The van der Waals surface area contributed by atoms with Gasteiger partial charge in [-0.1, -0.05) is 22.9 Å². The maximum Gasteiger partial charge on any atom is 0.165 e. The minimum Gasteiger partial charge on any atom is -0.493 e. The normalized spacial score (nSPS) is 18.3. The predicted octanol–water partition coefficient (Wildman–Crippen LogP) is 3.08. The molecule has 112 valence electrons. The van der Waals surface area contributed by atoms with Gasteiger partial charge >= 0.3 is 0 Å². The van der Waals surface area contributed by atoms with Crippen molar-refractivity contribution >= 4 is 15.9 Å². The lowest BCUT2D eigenvalue weighted by Gasteiger charge is -2.23. The van der Waals surface area contributed by atoms with Gasteiger partial charge in [0.2, 0.25) is 0 Å². The SMILES string of the molecule is CCCNC1COCCc2c(Br)cc(OC)c(OC)c21. The molecular weight excluding hydrogens is 322 g/mol. The lowest BCUT2D eigenvalue weighted by Crippen LogP contribution is -2.26. The number of rotatable bonds is 5. The third-order valence-electron chi connectivity index (χ3n) is 3.53. The standard InChI is InChI=1S/C15H22BrNO3/c1-4-6-17-12-9-20-7-5-10-11(16)8-13(18-2)15(19-3)14(10)12/h8,12,17H,4-7,9H2,1-3H3. The van der Waals surface area contributed by atoms with Crippen molar-refractivity contribution in [3.8, 4) is 11.5 Å². The fraction of sp³-hybridized carbons (Fsp3) is 0.600. The molecular formula is C15H22BrNO3. The first-order valence-electron chi connectivity index (χ1n) is 6.97. The van der Waals surface area contributed by atoms with E-state index in [1.807, 2.05) is 6.07 Å². The molecule has 0 bridgehead atoms. The summed E-state index contributed by atoms with van der Waals surface area (Å²) in [5.74, 6) is 1.56. The topological polar surface area (TPSA) is 39.7 Å². The fourth-order valence-corrected chi connectivity index (χ4v) is 3.21. The van der Waals surface area contributed by atoms with Crippen molar-refractivity contribution in [2.24, 2.45) is 0 Å². The number of halogens is 1. The Morgan fingerprint density at radius 2 is 2.20 bits per heavy atom. The van der Waals surface area contributed by atoms with E-state index < -0.39 is 0 Å². The molecule has 1 aliphatic heterocycles. The Labute approximate surface area is 128 Å². The van der Waals surface area contributed by atoms with E-state index in [4.69, 9.17) is 14.2 Å². The van der Waals surface area contributed by atoms with Gasteiger partial charge < -0.3 is 19.5 Å². The van der Waals surface area contributed by atoms with Crippen LogP contribution in [-0.4, -0.2) is 34.0 Å². The monoisotopic (exact) mass is 343 g/mol. The molecule has 4 nitrogen and oxygen atoms in total. The fourth-order valence-electron chi connectivity index (χ4n) is 2.59. The van der Waals surface area contributed by atoms with Crippen LogP contribution in [-0.2, 0) is 11.2 Å². The van der Waals surface area contributed by atoms with Crippen LogP contribution in [0.15, 0.2) is 10.5 Å². The van der Waals surface area contributed by atoms with Gasteiger partial charge in [0.15, 0.2) is 11.5 Å². The zero-order chi connectivity index (χ0) is 14.5. The second kappa shape index (κ2) is 7.29. The second-order valence-corrected chi connectivity index (χ2v) is 5.67. The quantitative estimate of drug-likeness (QED) is 0.891. The number of hydrogen-bond acceptors (Lipinski definition) is 4. The molecule has 20 heavy (non-hydrogen) atoms. The Kier molecular flexibility index (Phi) is 5.69. The molecule has 1 N–H and O–H groups in total. The summed E-state index contributed by atoms with van der Waals surface area (Å²) in [6, 6.07) is 2.11. The van der Waals surface area contributed by atoms with Gasteiger partial charge in [0.05, 0.1) is 33.5 Å². The average molecular weight is 344 g/mol. The van der Waals surface area contributed by atoms with Gasteiger partial charge in [0, 0.05) is 10.0 Å². The van der Waals surface area contributed by atoms with Crippen LogP contribution in [0, 0.1) is 0 Å². The van der Waals surface area contributed by atoms with Crippen molar-refractivity contribution in [1.82, 2.24) is 5.32 Å². The zero-order valence-electron chi connectivity index (χ0n) is 12.3. The molecule has 1 aliphatic rings. The molecule has 1 heterocycles. The van der Waals surface area contributed by atoms with E-state index in [9.17, 15) is 0 Å². The van der Waals surface area contributed by atoms with Crippen LogP contribution in [0.1, 0.15) is 30.5 Å². The Hall–Kier alpha value is -0.780. The highest BCUT2D eigenvalue weighted by Gasteiger charge is 2.27. The van der Waals surface area contributed by atoms with Crippen LogP contribution in [0.25, 0.3) is 0 Å². The van der Waals surface area contributed by atoms with Gasteiger partial charge in [0.25, 0.3) is 0 Å². The van der Waals surface area contributed by atoms with E-state index in [-0.39, 0.29) is 6.04 Å². The summed E-state index contributed by atoms with van der Waals surface area (Å²) in [6.07, 6.45) is 1.96. The molecule has 0 amide bonds. The highest BCUT2D eigenvalue weighted by molar-refractivity contribution is 9.10. The number of hydrogen-bond donors (Lipinski definition) is 1. The van der Waals surface area contributed by atoms with Gasteiger partial charge in [0.1, 0.15) is 0 Å². The summed E-state index contributed by atoms with van der Waals surface area (Å²) >= 11 is 3.65. The highest BCUT2D eigenvalue weighted by atomic mass is 79.9. The molecule has 2 rings (SSSR count). The second-order valence-electron chi connectivity index (χ2n) is 4.82. The maximum absolute atomic E-state index is 5.73. The van der Waals surface area contributed by atoms with Crippen LogP contribution in [0.5, 0.6) is 11.5 Å². The third-order valence-corrected chi connectivity index (χ3v) is 4.24. The number of methoxy groups -OCH3 is 2. The summed E-state index contributed by atoms with van der Waals surface area (Å²) < 4.78 is 17.9. The summed E-state index contributed by atoms with van der Waals surface area (Å²) in [5, 5.41) is 3.54. The van der Waals surface area contributed by atoms with E-state index in [0.717, 1.165) is 47.5 Å².